The lowest BCUT2D eigenvalue weighted by Gasteiger charge is -2.32. The highest BCUT2D eigenvalue weighted by atomic mass is 32.1. The number of likely N-dealkylation sites (N-methyl/N-ethyl adjacent to an activating group) is 1. The van der Waals surface area contributed by atoms with Crippen LogP contribution in [-0.2, 0) is 19.5 Å². The number of urea groups is 1. The molecule has 6 rings (SSSR count). The third kappa shape index (κ3) is 3.90. The first-order valence-electron chi connectivity index (χ1n) is 11.9. The van der Waals surface area contributed by atoms with Crippen LogP contribution in [0, 0.1) is 0 Å². The van der Waals surface area contributed by atoms with Crippen molar-refractivity contribution in [3.05, 3.63) is 100 Å². The molecule has 7 heteroatoms. The zero-order chi connectivity index (χ0) is 23.9. The topological polar surface area (TPSA) is 49.7 Å². The summed E-state index contributed by atoms with van der Waals surface area (Å²) >= 11 is 1.87. The number of nitrogens with zero attached hydrogens (tertiary/aromatic N) is 3. The molecule has 2 aromatic carbocycles. The summed E-state index contributed by atoms with van der Waals surface area (Å²) in [6.45, 7) is 2.55. The van der Waals surface area contributed by atoms with Gasteiger partial charge in [-0.25, -0.2) is 4.79 Å². The van der Waals surface area contributed by atoms with Crippen molar-refractivity contribution in [2.45, 2.75) is 25.6 Å². The number of nitrogens with one attached hydrogen (secondary N) is 1. The average molecular weight is 485 g/mol. The number of fused-ring (bicyclic) bond motifs is 5. The summed E-state index contributed by atoms with van der Waals surface area (Å²) in [5.41, 5.74) is 5.62. The second kappa shape index (κ2) is 8.91. The maximum Gasteiger partial charge on any atom is 0.322 e. The van der Waals surface area contributed by atoms with E-state index in [-0.39, 0.29) is 12.1 Å². The third-order valence-corrected chi connectivity index (χ3v) is 8.23. The number of rotatable bonds is 3. The first-order valence-corrected chi connectivity index (χ1v) is 12.7. The molecule has 35 heavy (non-hydrogen) atoms. The van der Waals surface area contributed by atoms with Gasteiger partial charge in [-0.3, -0.25) is 0 Å². The fourth-order valence-corrected chi connectivity index (χ4v) is 6.65. The Kier molecular flexibility index (Phi) is 5.59. The van der Waals surface area contributed by atoms with Crippen molar-refractivity contribution < 1.29 is 9.53 Å². The van der Waals surface area contributed by atoms with Crippen molar-refractivity contribution in [3.63, 3.8) is 0 Å². The molecule has 0 unspecified atom stereocenters. The van der Waals surface area contributed by atoms with Crippen LogP contribution in [0.1, 0.15) is 33.3 Å². The Bertz CT molecular complexity index is 1360. The molecule has 2 aliphatic heterocycles. The molecule has 0 radical (unpaired) electrons. The molecular formula is C28H28N4O2S. The molecule has 0 saturated carbocycles. The van der Waals surface area contributed by atoms with Crippen molar-refractivity contribution in [1.29, 1.82) is 0 Å². The van der Waals surface area contributed by atoms with Gasteiger partial charge in [0, 0.05) is 35.4 Å². The van der Waals surface area contributed by atoms with Gasteiger partial charge in [-0.15, -0.1) is 11.3 Å². The van der Waals surface area contributed by atoms with Crippen molar-refractivity contribution in [3.8, 4) is 10.8 Å². The van der Waals surface area contributed by atoms with Crippen LogP contribution in [0.15, 0.2) is 72.9 Å². The number of anilines is 1. The standard InChI is InChI=1S/C28H28N4O2S/c1-30-16-14-22-23-17-32(28(33)29-20-7-4-3-5-8-20)26(19-10-12-21(34-2)13-11-19)24-9-6-15-31(24)27(23)35-25(22)18-30/h3-13,15,26H,14,16-18H2,1-2H3,(H,29,33)/t26-/m0/s1. The largest absolute Gasteiger partial charge is 0.497 e. The molecule has 0 spiro atoms. The van der Waals surface area contributed by atoms with Gasteiger partial charge < -0.3 is 24.4 Å². The molecule has 178 valence electrons. The summed E-state index contributed by atoms with van der Waals surface area (Å²) in [6, 6.07) is 21.6. The van der Waals surface area contributed by atoms with E-state index in [9.17, 15) is 4.79 Å². The second-order valence-corrected chi connectivity index (χ2v) is 10.3. The lowest BCUT2D eigenvalue weighted by atomic mass is 10.00. The summed E-state index contributed by atoms with van der Waals surface area (Å²) in [5.74, 6) is 0.801. The van der Waals surface area contributed by atoms with Crippen molar-refractivity contribution in [2.24, 2.45) is 0 Å². The third-order valence-electron chi connectivity index (χ3n) is 6.97. The molecule has 2 amide bonds. The van der Waals surface area contributed by atoms with Gasteiger partial charge in [0.05, 0.1) is 25.4 Å². The Labute approximate surface area is 209 Å². The molecule has 0 fully saturated rings. The zero-order valence-electron chi connectivity index (χ0n) is 19.9. The molecule has 4 heterocycles. The second-order valence-electron chi connectivity index (χ2n) is 9.18. The van der Waals surface area contributed by atoms with Crippen LogP contribution in [-0.4, -0.2) is 41.1 Å². The van der Waals surface area contributed by atoms with E-state index in [4.69, 9.17) is 4.74 Å². The van der Waals surface area contributed by atoms with Gasteiger partial charge in [-0.1, -0.05) is 30.3 Å². The van der Waals surface area contributed by atoms with Crippen molar-refractivity contribution >= 4 is 23.1 Å². The van der Waals surface area contributed by atoms with Gasteiger partial charge in [-0.05, 0) is 61.0 Å². The van der Waals surface area contributed by atoms with Crippen LogP contribution in [0.4, 0.5) is 10.5 Å². The number of hydrogen-bond donors (Lipinski definition) is 1. The molecule has 4 aromatic rings. The lowest BCUT2D eigenvalue weighted by Crippen LogP contribution is -2.38. The Balaban J connectivity index is 1.49. The number of para-hydroxylation sites is 1. The number of carbonyl (C=O) groups is 1. The summed E-state index contributed by atoms with van der Waals surface area (Å²) < 4.78 is 7.69. The average Bonchev–Trinajstić information content (AvgIpc) is 3.46. The minimum atomic E-state index is -0.235. The summed E-state index contributed by atoms with van der Waals surface area (Å²) in [6.07, 6.45) is 3.14. The van der Waals surface area contributed by atoms with E-state index in [1.54, 1.807) is 7.11 Å². The number of benzene rings is 2. The van der Waals surface area contributed by atoms with Gasteiger partial charge in [0.2, 0.25) is 0 Å². The number of hydrogen-bond acceptors (Lipinski definition) is 4. The molecule has 2 aromatic heterocycles. The fraction of sp³-hybridized carbons (Fsp3) is 0.250. The van der Waals surface area contributed by atoms with Gasteiger partial charge >= 0.3 is 6.03 Å². The van der Waals surface area contributed by atoms with Gasteiger partial charge in [0.15, 0.2) is 0 Å². The van der Waals surface area contributed by atoms with Gasteiger partial charge in [0.1, 0.15) is 10.8 Å². The monoisotopic (exact) mass is 484 g/mol. The normalized spacial score (nSPS) is 17.2. The molecule has 0 aliphatic carbocycles. The fourth-order valence-electron chi connectivity index (χ4n) is 5.21. The molecule has 6 nitrogen and oxygen atoms in total. The van der Waals surface area contributed by atoms with Crippen LogP contribution in [0.25, 0.3) is 5.00 Å². The Morgan fingerprint density at radius 3 is 2.57 bits per heavy atom. The molecule has 1 atom stereocenters. The lowest BCUT2D eigenvalue weighted by molar-refractivity contribution is 0.194. The first-order chi connectivity index (χ1) is 17.1. The maximum absolute atomic E-state index is 13.9. The smallest absolute Gasteiger partial charge is 0.322 e. The number of aromatic nitrogens is 1. The highest BCUT2D eigenvalue weighted by Gasteiger charge is 2.36. The SMILES string of the molecule is COc1ccc([C@H]2c3cccn3-c3sc4c(c3CN2C(=O)Nc2ccccc2)CCN(C)C4)cc1. The number of ether oxygens (including phenoxy) is 1. The molecule has 1 N–H and O–H groups in total. The number of carbonyl (C=O) groups excluding carboxylic acids is 1. The molecular weight excluding hydrogens is 456 g/mol. The quantitative estimate of drug-likeness (QED) is 0.408. The zero-order valence-corrected chi connectivity index (χ0v) is 20.7. The minimum absolute atomic E-state index is 0.106. The van der Waals surface area contributed by atoms with Gasteiger partial charge in [0.25, 0.3) is 0 Å². The minimum Gasteiger partial charge on any atom is -0.497 e. The highest BCUT2D eigenvalue weighted by molar-refractivity contribution is 7.15. The first kappa shape index (κ1) is 21.9. The molecule has 2 aliphatic rings. The Hall–Kier alpha value is -3.55. The van der Waals surface area contributed by atoms with Crippen LogP contribution in [0.3, 0.4) is 0 Å². The summed E-state index contributed by atoms with van der Waals surface area (Å²) in [5, 5.41) is 4.38. The summed E-state index contributed by atoms with van der Waals surface area (Å²) in [4.78, 5) is 19.7. The van der Waals surface area contributed by atoms with E-state index < -0.39 is 0 Å². The van der Waals surface area contributed by atoms with E-state index in [0.717, 1.165) is 42.2 Å². The highest BCUT2D eigenvalue weighted by Crippen LogP contribution is 2.43. The van der Waals surface area contributed by atoms with E-state index in [1.807, 2.05) is 58.7 Å². The van der Waals surface area contributed by atoms with E-state index >= 15 is 0 Å². The number of amides is 2. The summed E-state index contributed by atoms with van der Waals surface area (Å²) in [7, 11) is 3.85. The van der Waals surface area contributed by atoms with E-state index in [0.29, 0.717) is 6.54 Å². The van der Waals surface area contributed by atoms with Crippen molar-refractivity contribution in [2.75, 3.05) is 26.0 Å². The predicted molar refractivity (Wildman–Crippen MR) is 140 cm³/mol. The van der Waals surface area contributed by atoms with Gasteiger partial charge in [-0.2, -0.15) is 0 Å². The van der Waals surface area contributed by atoms with Crippen LogP contribution in [0.2, 0.25) is 0 Å². The van der Waals surface area contributed by atoms with Crippen LogP contribution >= 0.6 is 11.3 Å². The number of methoxy groups -OCH3 is 1. The number of thiophene rings is 1. The van der Waals surface area contributed by atoms with E-state index in [1.165, 1.54) is 21.0 Å². The van der Waals surface area contributed by atoms with Crippen LogP contribution < -0.4 is 10.1 Å². The Morgan fingerprint density at radius 1 is 1.00 bits per heavy atom. The molecule has 0 bridgehead atoms. The van der Waals surface area contributed by atoms with E-state index in [2.05, 4.69) is 52.3 Å². The predicted octanol–water partition coefficient (Wildman–Crippen LogP) is 5.67. The van der Waals surface area contributed by atoms with Crippen molar-refractivity contribution in [1.82, 2.24) is 14.4 Å². The maximum atomic E-state index is 13.9. The Morgan fingerprint density at radius 2 is 1.80 bits per heavy atom. The molecule has 0 saturated heterocycles. The van der Waals surface area contributed by atoms with Crippen LogP contribution in [0.5, 0.6) is 5.75 Å².